The molecule has 0 bridgehead atoms. The quantitative estimate of drug-likeness (QED) is 0.552. The van der Waals surface area contributed by atoms with Crippen LogP contribution in [0.25, 0.3) is 0 Å². The number of methoxy groups -OCH3 is 1. The van der Waals surface area contributed by atoms with E-state index < -0.39 is 0 Å². The molecule has 0 fully saturated rings. The summed E-state index contributed by atoms with van der Waals surface area (Å²) in [5.74, 6) is 0.861. The Hall–Kier alpha value is -1.27. The van der Waals surface area contributed by atoms with Gasteiger partial charge in [-0.05, 0) is 71.5 Å². The van der Waals surface area contributed by atoms with Crippen LogP contribution in [0.15, 0.2) is 48.5 Å². The van der Waals surface area contributed by atoms with E-state index in [9.17, 15) is 0 Å². The predicted molar refractivity (Wildman–Crippen MR) is 95.0 cm³/mol. The molecule has 0 aromatic heterocycles. The Balaban J connectivity index is 1.91. The minimum atomic E-state index is 0.266. The van der Waals surface area contributed by atoms with Crippen LogP contribution in [-0.4, -0.2) is 20.3 Å². The summed E-state index contributed by atoms with van der Waals surface area (Å²) in [5.41, 5.74) is 2.36. The molecule has 1 N–H and O–H groups in total. The van der Waals surface area contributed by atoms with Crippen LogP contribution in [0.1, 0.15) is 18.5 Å². The fraction of sp³-hybridized carbons (Fsp3) is 0.294. The van der Waals surface area contributed by atoms with Crippen molar-refractivity contribution in [2.24, 2.45) is 0 Å². The van der Waals surface area contributed by atoms with E-state index in [0.717, 1.165) is 11.4 Å². The second-order valence-corrected chi connectivity index (χ2v) is 6.03. The first-order chi connectivity index (χ1) is 10.2. The van der Waals surface area contributed by atoms with Gasteiger partial charge in [-0.2, -0.15) is 0 Å². The van der Waals surface area contributed by atoms with Crippen LogP contribution in [-0.2, 0) is 4.74 Å². The summed E-state index contributed by atoms with van der Waals surface area (Å²) in [6.45, 7) is 3.33. The second-order valence-electron chi connectivity index (χ2n) is 4.78. The normalized spacial score (nSPS) is 12.0. The number of hydrogen-bond acceptors (Lipinski definition) is 3. The van der Waals surface area contributed by atoms with E-state index in [2.05, 4.69) is 59.1 Å². The summed E-state index contributed by atoms with van der Waals surface area (Å²) >= 11 is 2.32. The van der Waals surface area contributed by atoms with Gasteiger partial charge >= 0.3 is 0 Å². The molecule has 0 saturated carbocycles. The molecule has 21 heavy (non-hydrogen) atoms. The molecule has 0 saturated heterocycles. The summed E-state index contributed by atoms with van der Waals surface area (Å²) < 4.78 is 11.8. The van der Waals surface area contributed by atoms with E-state index >= 15 is 0 Å². The molecular formula is C17H20INO2. The van der Waals surface area contributed by atoms with Gasteiger partial charge in [-0.1, -0.05) is 12.1 Å². The van der Waals surface area contributed by atoms with Crippen molar-refractivity contribution >= 4 is 28.3 Å². The predicted octanol–water partition coefficient (Wildman–Crippen LogP) is 4.49. The minimum Gasteiger partial charge on any atom is -0.491 e. The van der Waals surface area contributed by atoms with Gasteiger partial charge in [0.2, 0.25) is 0 Å². The van der Waals surface area contributed by atoms with Crippen LogP contribution in [0.2, 0.25) is 0 Å². The number of anilines is 1. The van der Waals surface area contributed by atoms with Crippen molar-refractivity contribution in [3.05, 3.63) is 57.7 Å². The second kappa shape index (κ2) is 8.24. The van der Waals surface area contributed by atoms with Gasteiger partial charge in [0, 0.05) is 22.4 Å². The third-order valence-corrected chi connectivity index (χ3v) is 3.88. The SMILES string of the molecule is COCCOc1ccc(NC(C)c2ccc(I)cc2)cc1. The maximum atomic E-state index is 5.55. The van der Waals surface area contributed by atoms with Gasteiger partial charge in [-0.25, -0.2) is 0 Å². The van der Waals surface area contributed by atoms with Gasteiger partial charge in [-0.15, -0.1) is 0 Å². The molecular weight excluding hydrogens is 377 g/mol. The zero-order chi connectivity index (χ0) is 15.1. The van der Waals surface area contributed by atoms with Gasteiger partial charge in [0.1, 0.15) is 12.4 Å². The average molecular weight is 397 g/mol. The molecule has 1 atom stereocenters. The fourth-order valence-corrected chi connectivity index (χ4v) is 2.33. The van der Waals surface area contributed by atoms with E-state index in [1.54, 1.807) is 7.11 Å². The molecule has 0 spiro atoms. The van der Waals surface area contributed by atoms with Crippen LogP contribution >= 0.6 is 22.6 Å². The third-order valence-electron chi connectivity index (χ3n) is 3.16. The first-order valence-corrected chi connectivity index (χ1v) is 8.00. The Morgan fingerprint density at radius 1 is 1.00 bits per heavy atom. The molecule has 2 rings (SSSR count). The van der Waals surface area contributed by atoms with E-state index in [4.69, 9.17) is 9.47 Å². The van der Waals surface area contributed by atoms with Gasteiger partial charge in [0.25, 0.3) is 0 Å². The van der Waals surface area contributed by atoms with Crippen molar-refractivity contribution in [1.82, 2.24) is 0 Å². The van der Waals surface area contributed by atoms with Crippen molar-refractivity contribution in [3.8, 4) is 5.75 Å². The minimum absolute atomic E-state index is 0.266. The molecule has 4 heteroatoms. The first-order valence-electron chi connectivity index (χ1n) is 6.93. The van der Waals surface area contributed by atoms with Crippen LogP contribution in [0.5, 0.6) is 5.75 Å². The number of nitrogens with one attached hydrogen (secondary N) is 1. The number of hydrogen-bond donors (Lipinski definition) is 1. The summed E-state index contributed by atoms with van der Waals surface area (Å²) in [4.78, 5) is 0. The third kappa shape index (κ3) is 5.21. The van der Waals surface area contributed by atoms with Gasteiger partial charge in [-0.3, -0.25) is 0 Å². The number of rotatable bonds is 7. The highest BCUT2D eigenvalue weighted by Crippen LogP contribution is 2.22. The Kier molecular flexibility index (Phi) is 6.32. The van der Waals surface area contributed by atoms with Crippen molar-refractivity contribution in [2.45, 2.75) is 13.0 Å². The van der Waals surface area contributed by atoms with E-state index in [0.29, 0.717) is 13.2 Å². The highest BCUT2D eigenvalue weighted by atomic mass is 127. The fourth-order valence-electron chi connectivity index (χ4n) is 1.98. The van der Waals surface area contributed by atoms with Gasteiger partial charge in [0.15, 0.2) is 0 Å². The lowest BCUT2D eigenvalue weighted by Crippen LogP contribution is -2.07. The van der Waals surface area contributed by atoms with Crippen LogP contribution < -0.4 is 10.1 Å². The molecule has 2 aromatic carbocycles. The van der Waals surface area contributed by atoms with Crippen LogP contribution in [0.3, 0.4) is 0 Å². The van der Waals surface area contributed by atoms with E-state index in [1.165, 1.54) is 9.13 Å². The first kappa shape index (κ1) is 16.1. The monoisotopic (exact) mass is 397 g/mol. The summed E-state index contributed by atoms with van der Waals surface area (Å²) in [6.07, 6.45) is 0. The maximum absolute atomic E-state index is 5.55. The summed E-state index contributed by atoms with van der Waals surface area (Å²) in [6, 6.07) is 16.8. The van der Waals surface area contributed by atoms with Crippen LogP contribution in [0.4, 0.5) is 5.69 Å². The average Bonchev–Trinajstić information content (AvgIpc) is 2.50. The molecule has 1 unspecified atom stereocenters. The number of ether oxygens (including phenoxy) is 2. The van der Waals surface area contributed by atoms with E-state index in [-0.39, 0.29) is 6.04 Å². The lowest BCUT2D eigenvalue weighted by Gasteiger charge is -2.16. The smallest absolute Gasteiger partial charge is 0.119 e. The molecule has 0 amide bonds. The summed E-state index contributed by atoms with van der Waals surface area (Å²) in [5, 5.41) is 3.49. The molecule has 0 aliphatic heterocycles. The molecule has 0 aliphatic rings. The Morgan fingerprint density at radius 2 is 1.67 bits per heavy atom. The van der Waals surface area contributed by atoms with Crippen molar-refractivity contribution in [1.29, 1.82) is 0 Å². The topological polar surface area (TPSA) is 30.5 Å². The zero-order valence-corrected chi connectivity index (χ0v) is 14.5. The number of halogens is 1. The van der Waals surface area contributed by atoms with Crippen molar-refractivity contribution in [2.75, 3.05) is 25.6 Å². The largest absolute Gasteiger partial charge is 0.491 e. The molecule has 0 radical (unpaired) electrons. The Morgan fingerprint density at radius 3 is 2.29 bits per heavy atom. The van der Waals surface area contributed by atoms with Gasteiger partial charge in [0.05, 0.1) is 6.61 Å². The lowest BCUT2D eigenvalue weighted by molar-refractivity contribution is 0.146. The molecule has 3 nitrogen and oxygen atoms in total. The molecule has 0 heterocycles. The van der Waals surface area contributed by atoms with Crippen molar-refractivity contribution in [3.63, 3.8) is 0 Å². The maximum Gasteiger partial charge on any atom is 0.119 e. The number of benzene rings is 2. The molecule has 2 aromatic rings. The Bertz CT molecular complexity index is 540. The molecule has 112 valence electrons. The summed E-state index contributed by atoms with van der Waals surface area (Å²) in [7, 11) is 1.67. The Labute approximate surface area is 139 Å². The van der Waals surface area contributed by atoms with Crippen molar-refractivity contribution < 1.29 is 9.47 Å². The van der Waals surface area contributed by atoms with Gasteiger partial charge < -0.3 is 14.8 Å². The van der Waals surface area contributed by atoms with Crippen LogP contribution in [0, 0.1) is 3.57 Å². The lowest BCUT2D eigenvalue weighted by atomic mass is 10.1. The standard InChI is InChI=1S/C17H20INO2/c1-13(14-3-5-15(18)6-4-14)19-16-7-9-17(10-8-16)21-12-11-20-2/h3-10,13,19H,11-12H2,1-2H3. The zero-order valence-electron chi connectivity index (χ0n) is 12.3. The highest BCUT2D eigenvalue weighted by Gasteiger charge is 2.05. The highest BCUT2D eigenvalue weighted by molar-refractivity contribution is 14.1. The molecule has 0 aliphatic carbocycles. The van der Waals surface area contributed by atoms with E-state index in [1.807, 2.05) is 24.3 Å².